The van der Waals surface area contributed by atoms with Crippen molar-refractivity contribution in [1.29, 1.82) is 0 Å². The van der Waals surface area contributed by atoms with Gasteiger partial charge < -0.3 is 14.8 Å². The molecule has 2 aliphatic heterocycles. The fourth-order valence-electron chi connectivity index (χ4n) is 6.04. The van der Waals surface area contributed by atoms with Gasteiger partial charge in [-0.25, -0.2) is 9.69 Å². The smallest absolute Gasteiger partial charge is 0.338 e. The van der Waals surface area contributed by atoms with E-state index in [1.807, 2.05) is 24.3 Å². The normalized spacial score (nSPS) is 18.7. The second kappa shape index (κ2) is 13.1. The summed E-state index contributed by atoms with van der Waals surface area (Å²) in [6.07, 6.45) is 0. The van der Waals surface area contributed by atoms with Gasteiger partial charge in [0.1, 0.15) is 17.5 Å². The number of thiazole rings is 1. The van der Waals surface area contributed by atoms with Gasteiger partial charge in [-0.15, -0.1) is 0 Å². The average Bonchev–Trinajstić information content (AvgIpc) is 3.51. The predicted molar refractivity (Wildman–Crippen MR) is 185 cm³/mol. The van der Waals surface area contributed by atoms with E-state index in [9.17, 15) is 24.0 Å². The summed E-state index contributed by atoms with van der Waals surface area (Å²) in [4.78, 5) is 68.5. The molecule has 1 N–H and O–H groups in total. The summed E-state index contributed by atoms with van der Waals surface area (Å²) in [7, 11) is 1.54. The molecule has 3 amide bonds. The molecule has 3 heterocycles. The van der Waals surface area contributed by atoms with Crippen LogP contribution in [0, 0.1) is 5.92 Å². The van der Waals surface area contributed by atoms with Crippen LogP contribution < -0.4 is 19.8 Å². The molecule has 10 nitrogen and oxygen atoms in total. The number of aromatic nitrogens is 1. The second-order valence-corrected chi connectivity index (χ2v) is 14.7. The minimum absolute atomic E-state index is 0.0976. The molecule has 3 unspecified atom stereocenters. The SMILES string of the molecule is CCOC(=O)c1ccc(NC(=O)Cn2c3c(sc2=O)C(c2ccc(C(C)(C)C)cc2)C2C(=O)N(c4ccc(OC)cc4)C(=O)C2S3)cc1. The molecule has 4 aromatic rings. The van der Waals surface area contributed by atoms with Crippen molar-refractivity contribution in [2.75, 3.05) is 23.9 Å². The molecule has 1 saturated heterocycles. The van der Waals surface area contributed by atoms with Gasteiger partial charge in [-0.05, 0) is 72.0 Å². The molecule has 12 heteroatoms. The predicted octanol–water partition coefficient (Wildman–Crippen LogP) is 5.83. The second-order valence-electron chi connectivity index (χ2n) is 12.6. The van der Waals surface area contributed by atoms with Crippen LogP contribution >= 0.6 is 23.1 Å². The van der Waals surface area contributed by atoms with E-state index < -0.39 is 29.0 Å². The van der Waals surface area contributed by atoms with E-state index in [0.717, 1.165) is 34.2 Å². The number of rotatable bonds is 8. The third kappa shape index (κ3) is 6.17. The van der Waals surface area contributed by atoms with E-state index in [2.05, 4.69) is 26.1 Å². The third-order valence-corrected chi connectivity index (χ3v) is 11.1. The molecule has 0 aliphatic carbocycles. The Bertz CT molecular complexity index is 1940. The van der Waals surface area contributed by atoms with Crippen molar-refractivity contribution in [2.24, 2.45) is 5.92 Å². The standard InChI is InChI=1S/C36H35N3O7S2/c1-6-46-34(43)21-9-13-23(14-10-21)37-26(40)19-38-33-30(48-35(38)44)27(20-7-11-22(12-8-20)36(2,3)4)28-29(47-33)32(42)39(31(28)41)24-15-17-25(45-5)18-16-24/h7-18,27-29H,6,19H2,1-5H3,(H,37,40). The zero-order chi connectivity index (χ0) is 34.3. The number of hydrogen-bond acceptors (Lipinski definition) is 9. The van der Waals surface area contributed by atoms with Crippen molar-refractivity contribution in [3.05, 3.63) is 104 Å². The number of methoxy groups -OCH3 is 1. The lowest BCUT2D eigenvalue weighted by Gasteiger charge is -2.31. The lowest BCUT2D eigenvalue weighted by molar-refractivity contribution is -0.122. The van der Waals surface area contributed by atoms with E-state index in [1.165, 1.54) is 9.47 Å². The first-order chi connectivity index (χ1) is 22.9. The molecular weight excluding hydrogens is 651 g/mol. The van der Waals surface area contributed by atoms with E-state index in [1.54, 1.807) is 62.6 Å². The van der Waals surface area contributed by atoms with E-state index in [-0.39, 0.29) is 35.3 Å². The molecule has 2 aliphatic rings. The zero-order valence-electron chi connectivity index (χ0n) is 27.1. The van der Waals surface area contributed by atoms with Gasteiger partial charge in [-0.3, -0.25) is 23.7 Å². The summed E-state index contributed by atoms with van der Waals surface area (Å²) < 4.78 is 11.7. The van der Waals surface area contributed by atoms with Gasteiger partial charge in [-0.1, -0.05) is 68.1 Å². The Morgan fingerprint density at radius 3 is 2.17 bits per heavy atom. The number of anilines is 2. The van der Waals surface area contributed by atoms with E-state index in [0.29, 0.717) is 32.6 Å². The topological polar surface area (TPSA) is 124 Å². The molecule has 1 fully saturated rings. The van der Waals surface area contributed by atoms with Crippen LogP contribution in [0.4, 0.5) is 11.4 Å². The van der Waals surface area contributed by atoms with Crippen LogP contribution in [-0.2, 0) is 31.1 Å². The van der Waals surface area contributed by atoms with Gasteiger partial charge in [0.2, 0.25) is 17.7 Å². The number of imide groups is 1. The van der Waals surface area contributed by atoms with E-state index >= 15 is 0 Å². The maximum absolute atomic E-state index is 14.2. The number of hydrogen-bond donors (Lipinski definition) is 1. The van der Waals surface area contributed by atoms with Gasteiger partial charge in [0.05, 0.1) is 35.9 Å². The average molecular weight is 686 g/mol. The van der Waals surface area contributed by atoms with Gasteiger partial charge in [0, 0.05) is 16.5 Å². The molecule has 48 heavy (non-hydrogen) atoms. The highest BCUT2D eigenvalue weighted by molar-refractivity contribution is 8.00. The molecule has 6 rings (SSSR count). The first kappa shape index (κ1) is 33.2. The van der Waals surface area contributed by atoms with Crippen LogP contribution in [0.5, 0.6) is 5.75 Å². The Balaban J connectivity index is 1.35. The maximum Gasteiger partial charge on any atom is 0.338 e. The Labute approximate surface area is 286 Å². The molecule has 0 radical (unpaired) electrons. The van der Waals surface area contributed by atoms with Gasteiger partial charge >= 0.3 is 10.8 Å². The molecule has 248 valence electrons. The first-order valence-corrected chi connectivity index (χ1v) is 17.2. The van der Waals surface area contributed by atoms with Crippen LogP contribution in [0.3, 0.4) is 0 Å². The molecule has 0 spiro atoms. The number of thioether (sulfide) groups is 1. The number of nitrogens with zero attached hydrogens (tertiary/aromatic N) is 2. The number of amides is 3. The largest absolute Gasteiger partial charge is 0.497 e. The number of ether oxygens (including phenoxy) is 2. The minimum Gasteiger partial charge on any atom is -0.497 e. The van der Waals surface area contributed by atoms with Crippen LogP contribution in [0.1, 0.15) is 60.0 Å². The molecule has 1 aromatic heterocycles. The Hall–Kier alpha value is -4.68. The number of carbonyl (C=O) groups excluding carboxylic acids is 4. The Kier molecular flexibility index (Phi) is 9.06. The zero-order valence-corrected chi connectivity index (χ0v) is 28.8. The van der Waals surface area contributed by atoms with Crippen LogP contribution in [0.25, 0.3) is 0 Å². The maximum atomic E-state index is 14.2. The summed E-state index contributed by atoms with van der Waals surface area (Å²) >= 11 is 2.16. The summed E-state index contributed by atoms with van der Waals surface area (Å²) in [5.74, 6) is -2.36. The van der Waals surface area contributed by atoms with Crippen molar-refractivity contribution < 1.29 is 28.7 Å². The van der Waals surface area contributed by atoms with Gasteiger partial charge in [0.15, 0.2) is 0 Å². The quantitative estimate of drug-likeness (QED) is 0.182. The number of fused-ring (bicyclic) bond motifs is 2. The van der Waals surface area contributed by atoms with Crippen LogP contribution in [0.15, 0.2) is 82.6 Å². The Morgan fingerprint density at radius 2 is 1.56 bits per heavy atom. The fraction of sp³-hybridized carbons (Fsp3) is 0.306. The highest BCUT2D eigenvalue weighted by Gasteiger charge is 2.56. The summed E-state index contributed by atoms with van der Waals surface area (Å²) in [6, 6.07) is 21.0. The number of nitrogens with one attached hydrogen (secondary N) is 1. The summed E-state index contributed by atoms with van der Waals surface area (Å²) in [5.41, 5.74) is 3.07. The van der Waals surface area contributed by atoms with Gasteiger partial charge in [-0.2, -0.15) is 0 Å². The van der Waals surface area contributed by atoms with Crippen LogP contribution in [0.2, 0.25) is 0 Å². The number of benzene rings is 3. The van der Waals surface area contributed by atoms with Gasteiger partial charge in [0.25, 0.3) is 0 Å². The highest BCUT2D eigenvalue weighted by atomic mass is 32.2. The molecule has 0 bridgehead atoms. The number of carbonyl (C=O) groups is 4. The number of esters is 1. The van der Waals surface area contributed by atoms with Crippen molar-refractivity contribution >= 4 is 58.2 Å². The van der Waals surface area contributed by atoms with E-state index in [4.69, 9.17) is 9.47 Å². The molecular formula is C36H35N3O7S2. The van der Waals surface area contributed by atoms with Crippen molar-refractivity contribution in [3.8, 4) is 5.75 Å². The van der Waals surface area contributed by atoms with Crippen LogP contribution in [-0.4, -0.2) is 47.2 Å². The summed E-state index contributed by atoms with van der Waals surface area (Å²) in [6.45, 7) is 8.02. The lowest BCUT2D eigenvalue weighted by Crippen LogP contribution is -2.33. The summed E-state index contributed by atoms with van der Waals surface area (Å²) in [5, 5.41) is 2.47. The fourth-order valence-corrected chi connectivity index (χ4v) is 8.81. The monoisotopic (exact) mass is 685 g/mol. The lowest BCUT2D eigenvalue weighted by atomic mass is 9.81. The Morgan fingerprint density at radius 1 is 0.896 bits per heavy atom. The third-order valence-electron chi connectivity index (χ3n) is 8.50. The molecule has 0 saturated carbocycles. The van der Waals surface area contributed by atoms with Crippen molar-refractivity contribution in [1.82, 2.24) is 4.57 Å². The molecule has 3 atom stereocenters. The first-order valence-electron chi connectivity index (χ1n) is 15.5. The molecule has 3 aromatic carbocycles. The highest BCUT2D eigenvalue weighted by Crippen LogP contribution is 2.54. The van der Waals surface area contributed by atoms with Crippen molar-refractivity contribution in [3.63, 3.8) is 0 Å². The minimum atomic E-state index is -0.807. The van der Waals surface area contributed by atoms with Crippen molar-refractivity contribution in [2.45, 2.75) is 55.8 Å².